The molecule has 11 heteroatoms. The topological polar surface area (TPSA) is 77.9 Å². The maximum Gasteiger partial charge on any atom is 0.326 e. The second-order valence-corrected chi connectivity index (χ2v) is 13.7. The zero-order valence-corrected chi connectivity index (χ0v) is 29.4. The zero-order chi connectivity index (χ0) is 33.9. The predicted molar refractivity (Wildman–Crippen MR) is 186 cm³/mol. The second kappa shape index (κ2) is 14.6. The molecular weight excluding hydrogens is 637 g/mol. The first-order valence-electron chi connectivity index (χ1n) is 15.9. The van der Waals surface area contributed by atoms with E-state index in [1.807, 2.05) is 76.2 Å². The average molecular weight is 681 g/mol. The predicted octanol–water partition coefficient (Wildman–Crippen LogP) is 6.99. The highest BCUT2D eigenvalue weighted by molar-refractivity contribution is 6.30. The van der Waals surface area contributed by atoms with Gasteiger partial charge in [-0.25, -0.2) is 9.86 Å². The fourth-order valence-corrected chi connectivity index (χ4v) is 6.20. The molecule has 250 valence electrons. The van der Waals surface area contributed by atoms with E-state index < -0.39 is 12.1 Å². The van der Waals surface area contributed by atoms with Gasteiger partial charge >= 0.3 is 6.03 Å². The molecular formula is C36H43Cl2N5O4. The smallest absolute Gasteiger partial charge is 0.326 e. The molecule has 0 unspecified atom stereocenters. The minimum atomic E-state index is -0.470. The number of urea groups is 1. The van der Waals surface area contributed by atoms with E-state index >= 15 is 0 Å². The van der Waals surface area contributed by atoms with E-state index in [9.17, 15) is 9.59 Å². The van der Waals surface area contributed by atoms with Gasteiger partial charge in [-0.05, 0) is 65.4 Å². The molecule has 3 amide bonds. The van der Waals surface area contributed by atoms with Crippen LogP contribution < -0.4 is 4.74 Å². The van der Waals surface area contributed by atoms with Gasteiger partial charge in [-0.2, -0.15) is 0 Å². The molecule has 3 aromatic carbocycles. The van der Waals surface area contributed by atoms with Crippen molar-refractivity contribution >= 4 is 41.0 Å². The van der Waals surface area contributed by atoms with Crippen molar-refractivity contribution in [3.63, 3.8) is 0 Å². The lowest BCUT2D eigenvalue weighted by atomic mass is 9.86. The quantitative estimate of drug-likeness (QED) is 0.240. The summed E-state index contributed by atoms with van der Waals surface area (Å²) >= 11 is 12.6. The summed E-state index contributed by atoms with van der Waals surface area (Å²) in [6.07, 6.45) is 0. The van der Waals surface area contributed by atoms with Crippen LogP contribution in [-0.2, 0) is 15.0 Å². The van der Waals surface area contributed by atoms with Crippen LogP contribution in [0, 0.1) is 0 Å². The molecule has 0 aromatic heterocycles. The molecule has 0 N–H and O–H groups in total. The van der Waals surface area contributed by atoms with E-state index in [0.717, 1.165) is 22.3 Å². The van der Waals surface area contributed by atoms with Gasteiger partial charge in [0.05, 0.1) is 31.9 Å². The lowest BCUT2D eigenvalue weighted by molar-refractivity contribution is -0.170. The van der Waals surface area contributed by atoms with E-state index in [-0.39, 0.29) is 23.9 Å². The summed E-state index contributed by atoms with van der Waals surface area (Å²) < 4.78 is 6.23. The number of hydrogen-bond donors (Lipinski definition) is 0. The van der Waals surface area contributed by atoms with Gasteiger partial charge in [0.1, 0.15) is 17.6 Å². The molecule has 0 saturated carbocycles. The number of carbonyl (C=O) groups is 2. The molecule has 2 aliphatic heterocycles. The largest absolute Gasteiger partial charge is 0.493 e. The van der Waals surface area contributed by atoms with E-state index in [1.165, 1.54) is 12.2 Å². The Morgan fingerprint density at radius 2 is 1.51 bits per heavy atom. The number of piperazine rings is 1. The first kappa shape index (κ1) is 34.7. The number of carbonyl (C=O) groups excluding carboxylic acids is 2. The van der Waals surface area contributed by atoms with Crippen molar-refractivity contribution in [2.24, 2.45) is 4.99 Å². The molecule has 9 nitrogen and oxygen atoms in total. The first-order chi connectivity index (χ1) is 22.4. The number of aliphatic imine (C=N–C) groups is 1. The number of amides is 3. The van der Waals surface area contributed by atoms with Gasteiger partial charge in [-0.1, -0.05) is 74.3 Å². The number of likely N-dealkylation sites (N-methyl/N-ethyl adjacent to an activating group) is 1. The van der Waals surface area contributed by atoms with Crippen molar-refractivity contribution < 1.29 is 19.2 Å². The highest BCUT2D eigenvalue weighted by atomic mass is 35.5. The Kier molecular flexibility index (Phi) is 10.8. The number of ether oxygens (including phenoxy) is 1. The van der Waals surface area contributed by atoms with Crippen molar-refractivity contribution in [2.75, 3.05) is 53.5 Å². The Balaban J connectivity index is 1.58. The van der Waals surface area contributed by atoms with Gasteiger partial charge in [-0.3, -0.25) is 24.4 Å². The van der Waals surface area contributed by atoms with Crippen LogP contribution in [0.5, 0.6) is 5.75 Å². The number of halogens is 2. The third kappa shape index (κ3) is 7.75. The fourth-order valence-electron chi connectivity index (χ4n) is 5.95. The third-order valence-electron chi connectivity index (χ3n) is 8.71. The SMILES string of the molecule is CCOc1cc(C(C)(C)C)ccc1C1=N[C@@H](c2ccc(Cl)cc2)[C@@H](c2ccc(Cl)cc2)N1C(=O)N1CCN(CC(=O)N(C)OC)CC1. The van der Waals surface area contributed by atoms with Crippen LogP contribution in [0.25, 0.3) is 0 Å². The van der Waals surface area contributed by atoms with Crippen molar-refractivity contribution in [2.45, 2.75) is 45.2 Å². The monoisotopic (exact) mass is 679 g/mol. The lowest BCUT2D eigenvalue weighted by Gasteiger charge is -2.39. The van der Waals surface area contributed by atoms with Gasteiger partial charge in [0.25, 0.3) is 5.91 Å². The maximum absolute atomic E-state index is 14.8. The summed E-state index contributed by atoms with van der Waals surface area (Å²) in [5.74, 6) is 1.07. The highest BCUT2D eigenvalue weighted by Gasteiger charge is 2.45. The summed E-state index contributed by atoms with van der Waals surface area (Å²) in [7, 11) is 3.06. The molecule has 2 heterocycles. The van der Waals surface area contributed by atoms with Crippen molar-refractivity contribution in [3.8, 4) is 5.75 Å². The molecule has 0 spiro atoms. The molecule has 1 fully saturated rings. The van der Waals surface area contributed by atoms with E-state index in [4.69, 9.17) is 37.8 Å². The van der Waals surface area contributed by atoms with Gasteiger partial charge in [0, 0.05) is 43.3 Å². The van der Waals surface area contributed by atoms with Gasteiger partial charge in [0.2, 0.25) is 0 Å². The number of rotatable bonds is 8. The standard InChI is InChI=1S/C36H43Cl2N5O4/c1-7-47-30-22-26(36(2,3)4)12-17-29(30)34-39-32(24-8-13-27(37)14-9-24)33(25-10-15-28(38)16-11-25)43(34)35(45)42-20-18-41(19-21-42)23-31(44)40(5)46-6/h8-17,22,32-33H,7,18-21,23H2,1-6H3/t32-,33+/m0/s1. The zero-order valence-electron chi connectivity index (χ0n) is 27.9. The molecule has 2 aliphatic rings. The normalized spacial score (nSPS) is 18.7. The fraction of sp³-hybridized carbons (Fsp3) is 0.417. The number of amidine groups is 1. The molecule has 0 radical (unpaired) electrons. The minimum absolute atomic E-state index is 0.103. The van der Waals surface area contributed by atoms with Crippen molar-refractivity contribution in [1.82, 2.24) is 19.8 Å². The first-order valence-corrected chi connectivity index (χ1v) is 16.6. The Bertz CT molecular complexity index is 1600. The maximum atomic E-state index is 14.8. The Morgan fingerprint density at radius 1 is 0.915 bits per heavy atom. The Labute approximate surface area is 287 Å². The molecule has 0 bridgehead atoms. The van der Waals surface area contributed by atoms with Crippen molar-refractivity contribution in [1.29, 1.82) is 0 Å². The molecule has 1 saturated heterocycles. The summed E-state index contributed by atoms with van der Waals surface area (Å²) in [5.41, 5.74) is 3.59. The van der Waals surface area contributed by atoms with Crippen molar-refractivity contribution in [3.05, 3.63) is 99.0 Å². The minimum Gasteiger partial charge on any atom is -0.493 e. The van der Waals surface area contributed by atoms with Crippen LogP contribution in [0.15, 0.2) is 71.7 Å². The summed E-state index contributed by atoms with van der Waals surface area (Å²) in [4.78, 5) is 43.3. The molecule has 2 atom stereocenters. The molecule has 47 heavy (non-hydrogen) atoms. The van der Waals surface area contributed by atoms with Crippen LogP contribution in [0.4, 0.5) is 4.79 Å². The number of hydroxylamine groups is 2. The Hall–Kier alpha value is -3.63. The highest BCUT2D eigenvalue weighted by Crippen LogP contribution is 2.46. The van der Waals surface area contributed by atoms with Crippen LogP contribution in [0.3, 0.4) is 0 Å². The summed E-state index contributed by atoms with van der Waals surface area (Å²) in [6.45, 7) is 11.1. The Morgan fingerprint density at radius 3 is 2.06 bits per heavy atom. The summed E-state index contributed by atoms with van der Waals surface area (Å²) in [6, 6.07) is 20.3. The molecule has 3 aromatic rings. The van der Waals surface area contributed by atoms with E-state index in [0.29, 0.717) is 54.4 Å². The van der Waals surface area contributed by atoms with E-state index in [2.05, 4.69) is 32.9 Å². The van der Waals surface area contributed by atoms with Crippen LogP contribution >= 0.6 is 23.2 Å². The van der Waals surface area contributed by atoms with Gasteiger partial charge < -0.3 is 9.64 Å². The van der Waals surface area contributed by atoms with Crippen LogP contribution in [0.2, 0.25) is 10.0 Å². The summed E-state index contributed by atoms with van der Waals surface area (Å²) in [5, 5.41) is 2.45. The van der Waals surface area contributed by atoms with Gasteiger partial charge in [0.15, 0.2) is 0 Å². The second-order valence-electron chi connectivity index (χ2n) is 12.8. The average Bonchev–Trinajstić information content (AvgIpc) is 3.45. The third-order valence-corrected chi connectivity index (χ3v) is 9.22. The number of hydrogen-bond acceptors (Lipinski definition) is 6. The van der Waals surface area contributed by atoms with Crippen LogP contribution in [-0.4, -0.2) is 91.0 Å². The molecule has 0 aliphatic carbocycles. The van der Waals surface area contributed by atoms with Crippen LogP contribution in [0.1, 0.15) is 62.0 Å². The number of benzene rings is 3. The van der Waals surface area contributed by atoms with E-state index in [1.54, 1.807) is 7.05 Å². The number of nitrogens with zero attached hydrogens (tertiary/aromatic N) is 5. The lowest BCUT2D eigenvalue weighted by Crippen LogP contribution is -2.55. The molecule has 5 rings (SSSR count). The van der Waals surface area contributed by atoms with Gasteiger partial charge in [-0.15, -0.1) is 0 Å².